The van der Waals surface area contributed by atoms with Crippen molar-refractivity contribution in [3.05, 3.63) is 64.9 Å². The Hall–Kier alpha value is -4.54. The Kier molecular flexibility index (Phi) is 5.87. The van der Waals surface area contributed by atoms with Gasteiger partial charge in [-0.2, -0.15) is 0 Å². The van der Waals surface area contributed by atoms with Crippen molar-refractivity contribution in [2.24, 2.45) is 0 Å². The fourth-order valence-electron chi connectivity index (χ4n) is 4.98. The number of piperidine rings is 1. The lowest BCUT2D eigenvalue weighted by Crippen LogP contribution is -2.49. The average molecular weight is 503 g/mol. The number of carbonyl (C=O) groups excluding carboxylic acids is 1. The molecular weight excluding hydrogens is 476 g/mol. The van der Waals surface area contributed by atoms with E-state index >= 15 is 0 Å². The van der Waals surface area contributed by atoms with Crippen LogP contribution in [0.2, 0.25) is 0 Å². The molecule has 0 atom stereocenters. The monoisotopic (exact) mass is 502 g/mol. The summed E-state index contributed by atoms with van der Waals surface area (Å²) in [4.78, 5) is 39.8. The lowest BCUT2D eigenvalue weighted by atomic mass is 10.0. The third-order valence-corrected chi connectivity index (χ3v) is 6.91. The van der Waals surface area contributed by atoms with Crippen LogP contribution in [0.4, 0.5) is 16.3 Å². The van der Waals surface area contributed by atoms with E-state index < -0.39 is 5.76 Å². The summed E-state index contributed by atoms with van der Waals surface area (Å²) < 4.78 is 16.3. The number of amides is 2. The molecule has 0 unspecified atom stereocenters. The maximum Gasteiger partial charge on any atom is 0.417 e. The molecule has 6 rings (SSSR count). The van der Waals surface area contributed by atoms with E-state index in [1.807, 2.05) is 23.1 Å². The van der Waals surface area contributed by atoms with E-state index in [1.165, 1.54) is 6.33 Å². The summed E-state index contributed by atoms with van der Waals surface area (Å²) in [5, 5.41) is 3.06. The molecule has 11 nitrogen and oxygen atoms in total. The number of ether oxygens (including phenoxy) is 2. The lowest BCUT2D eigenvalue weighted by molar-refractivity contribution is 0.177. The second-order valence-electron chi connectivity index (χ2n) is 9.10. The second-order valence-corrected chi connectivity index (χ2v) is 9.10. The molecule has 1 fully saturated rings. The minimum Gasteiger partial charge on any atom is -0.497 e. The number of anilines is 2. The third-order valence-electron chi connectivity index (χ3n) is 6.91. The molecule has 2 aliphatic heterocycles. The van der Waals surface area contributed by atoms with Gasteiger partial charge in [0.15, 0.2) is 5.58 Å². The van der Waals surface area contributed by atoms with E-state index in [1.54, 1.807) is 31.4 Å². The predicted octanol–water partition coefficient (Wildman–Crippen LogP) is 3.77. The zero-order valence-electron chi connectivity index (χ0n) is 20.3. The van der Waals surface area contributed by atoms with Crippen LogP contribution in [0.15, 0.2) is 58.0 Å². The van der Waals surface area contributed by atoms with Gasteiger partial charge in [0.05, 0.1) is 12.6 Å². The molecule has 190 valence electrons. The molecule has 1 saturated heterocycles. The molecule has 2 aromatic heterocycles. The van der Waals surface area contributed by atoms with Crippen molar-refractivity contribution in [3.63, 3.8) is 0 Å². The van der Waals surface area contributed by atoms with Crippen LogP contribution >= 0.6 is 0 Å². The molecule has 0 bridgehead atoms. The van der Waals surface area contributed by atoms with Gasteiger partial charge in [0.25, 0.3) is 0 Å². The first-order valence-corrected chi connectivity index (χ1v) is 12.2. The van der Waals surface area contributed by atoms with Crippen LogP contribution in [0.25, 0.3) is 11.1 Å². The Bertz CT molecular complexity index is 1510. The van der Waals surface area contributed by atoms with Gasteiger partial charge in [-0.15, -0.1) is 0 Å². The van der Waals surface area contributed by atoms with Crippen LogP contribution < -0.4 is 25.4 Å². The molecule has 4 heterocycles. The number of urea groups is 1. The number of rotatable bonds is 5. The van der Waals surface area contributed by atoms with E-state index in [-0.39, 0.29) is 12.1 Å². The molecule has 37 heavy (non-hydrogen) atoms. The van der Waals surface area contributed by atoms with E-state index in [9.17, 15) is 9.59 Å². The summed E-state index contributed by atoms with van der Waals surface area (Å²) in [6.07, 6.45) is 3.91. The number of H-pyrrole nitrogens is 1. The van der Waals surface area contributed by atoms with Gasteiger partial charge in [0.2, 0.25) is 5.88 Å². The van der Waals surface area contributed by atoms with Crippen molar-refractivity contribution < 1.29 is 18.7 Å². The number of nitrogens with one attached hydrogen (secondary N) is 2. The number of fused-ring (bicyclic) bond motifs is 2. The van der Waals surface area contributed by atoms with Gasteiger partial charge >= 0.3 is 11.8 Å². The number of benzene rings is 2. The smallest absolute Gasteiger partial charge is 0.417 e. The molecule has 0 aliphatic carbocycles. The number of hydrogen-bond acceptors (Lipinski definition) is 8. The SMILES string of the molecule is COc1ccc2c(c1)CCN(C1CCN(c3cc(Oc4ccc5[nH]c(=O)oc5c4)ncn3)CC1)C(=O)N2. The van der Waals surface area contributed by atoms with Gasteiger partial charge in [0, 0.05) is 43.5 Å². The van der Waals surface area contributed by atoms with Crippen molar-refractivity contribution in [2.75, 3.05) is 37.0 Å². The van der Waals surface area contributed by atoms with Crippen molar-refractivity contribution in [3.8, 4) is 17.4 Å². The number of oxazole rings is 1. The Morgan fingerprint density at radius 1 is 1.00 bits per heavy atom. The van der Waals surface area contributed by atoms with Crippen molar-refractivity contribution >= 4 is 28.6 Å². The number of nitrogens with zero attached hydrogens (tertiary/aromatic N) is 4. The zero-order chi connectivity index (χ0) is 25.4. The highest BCUT2D eigenvalue weighted by Crippen LogP contribution is 2.30. The Morgan fingerprint density at radius 2 is 1.84 bits per heavy atom. The number of hydrogen-bond donors (Lipinski definition) is 2. The molecule has 0 spiro atoms. The number of methoxy groups -OCH3 is 1. The first-order chi connectivity index (χ1) is 18.1. The summed E-state index contributed by atoms with van der Waals surface area (Å²) in [6.45, 7) is 2.17. The normalized spacial score (nSPS) is 16.3. The highest BCUT2D eigenvalue weighted by molar-refractivity contribution is 5.91. The summed E-state index contributed by atoms with van der Waals surface area (Å²) in [7, 11) is 1.65. The van der Waals surface area contributed by atoms with Crippen LogP contribution in [0.5, 0.6) is 17.4 Å². The maximum atomic E-state index is 13.0. The fraction of sp³-hybridized carbons (Fsp3) is 0.308. The first-order valence-electron chi connectivity index (χ1n) is 12.2. The molecule has 11 heteroatoms. The molecule has 2 aromatic carbocycles. The molecule has 0 saturated carbocycles. The predicted molar refractivity (Wildman–Crippen MR) is 137 cm³/mol. The van der Waals surface area contributed by atoms with Crippen LogP contribution in [-0.4, -0.2) is 58.7 Å². The van der Waals surface area contributed by atoms with Crippen LogP contribution in [0.1, 0.15) is 18.4 Å². The Morgan fingerprint density at radius 3 is 2.68 bits per heavy atom. The molecule has 0 radical (unpaired) electrons. The van der Waals surface area contributed by atoms with Gasteiger partial charge in [-0.05, 0) is 55.2 Å². The quantitative estimate of drug-likeness (QED) is 0.422. The number of carbonyl (C=O) groups is 1. The van der Waals surface area contributed by atoms with Gasteiger partial charge in [-0.3, -0.25) is 4.98 Å². The van der Waals surface area contributed by atoms with Gasteiger partial charge < -0.3 is 29.0 Å². The van der Waals surface area contributed by atoms with E-state index in [0.717, 1.165) is 55.2 Å². The largest absolute Gasteiger partial charge is 0.497 e. The molecule has 2 amide bonds. The summed E-state index contributed by atoms with van der Waals surface area (Å²) in [5.41, 5.74) is 2.94. The van der Waals surface area contributed by atoms with Gasteiger partial charge in [-0.1, -0.05) is 0 Å². The fourth-order valence-corrected chi connectivity index (χ4v) is 4.98. The summed E-state index contributed by atoms with van der Waals surface area (Å²) in [6, 6.07) is 12.7. The zero-order valence-corrected chi connectivity index (χ0v) is 20.3. The molecule has 2 aliphatic rings. The van der Waals surface area contributed by atoms with Crippen molar-refractivity contribution in [1.29, 1.82) is 0 Å². The average Bonchev–Trinajstić information content (AvgIpc) is 3.20. The van der Waals surface area contributed by atoms with Gasteiger partial charge in [0.1, 0.15) is 23.6 Å². The summed E-state index contributed by atoms with van der Waals surface area (Å²) >= 11 is 0. The van der Waals surface area contributed by atoms with Crippen molar-refractivity contribution in [2.45, 2.75) is 25.3 Å². The van der Waals surface area contributed by atoms with Crippen LogP contribution in [0, 0.1) is 0 Å². The van der Waals surface area contributed by atoms with E-state index in [0.29, 0.717) is 29.3 Å². The van der Waals surface area contributed by atoms with Crippen LogP contribution in [-0.2, 0) is 6.42 Å². The first kappa shape index (κ1) is 22.9. The Balaban J connectivity index is 1.10. The molecule has 4 aromatic rings. The highest BCUT2D eigenvalue weighted by Gasteiger charge is 2.30. The standard InChI is InChI=1S/C26H26N6O5/c1-35-18-2-4-20-16(12-18)6-11-32(25(33)29-20)17-7-9-31(10-8-17)23-14-24(28-15-27-23)36-19-3-5-21-22(13-19)37-26(34)30-21/h2-5,12-15,17H,6-11H2,1H3,(H,29,33)(H,30,34). The lowest BCUT2D eigenvalue weighted by Gasteiger charge is -2.38. The molecular formula is C26H26N6O5. The van der Waals surface area contributed by atoms with E-state index in [2.05, 4.69) is 25.2 Å². The minimum absolute atomic E-state index is 0.0599. The minimum atomic E-state index is -0.512. The molecule has 2 N–H and O–H groups in total. The highest BCUT2D eigenvalue weighted by atomic mass is 16.5. The number of aromatic amines is 1. The van der Waals surface area contributed by atoms with Crippen LogP contribution in [0.3, 0.4) is 0 Å². The van der Waals surface area contributed by atoms with E-state index in [4.69, 9.17) is 13.9 Å². The Labute approximate surface area is 212 Å². The van der Waals surface area contributed by atoms with Gasteiger partial charge in [-0.25, -0.2) is 19.6 Å². The topological polar surface area (TPSA) is 126 Å². The van der Waals surface area contributed by atoms with Crippen molar-refractivity contribution in [1.82, 2.24) is 19.9 Å². The number of aromatic nitrogens is 3. The second kappa shape index (κ2) is 9.49. The third kappa shape index (κ3) is 4.67. The summed E-state index contributed by atoms with van der Waals surface area (Å²) in [5.74, 6) is 1.94. The maximum absolute atomic E-state index is 13.0.